The molecule has 2 N–H and O–H groups in total. The molecule has 0 saturated heterocycles. The molecule has 7 heteroatoms. The van der Waals surface area contributed by atoms with Crippen molar-refractivity contribution in [2.24, 2.45) is 0 Å². The molecule has 96 valence electrons. The number of hydrogen-bond acceptors (Lipinski definition) is 6. The van der Waals surface area contributed by atoms with Crippen LogP contribution in [0.15, 0.2) is 35.5 Å². The first kappa shape index (κ1) is 13.0. The molecule has 0 bridgehead atoms. The Morgan fingerprint density at radius 2 is 2.06 bits per heavy atom. The summed E-state index contributed by atoms with van der Waals surface area (Å²) in [4.78, 5) is 0. The first-order chi connectivity index (χ1) is 8.81. The molecule has 1 heterocycles. The highest BCUT2D eigenvalue weighted by atomic mass is 32.2. The number of nitrogens with zero attached hydrogens (tertiary/aromatic N) is 4. The molecule has 1 atom stereocenters. The number of tetrazole rings is 1. The van der Waals surface area contributed by atoms with Gasteiger partial charge in [0, 0.05) is 5.75 Å². The molecule has 6 nitrogen and oxygen atoms in total. The Morgan fingerprint density at radius 3 is 2.78 bits per heavy atom. The van der Waals surface area contributed by atoms with Gasteiger partial charge in [-0.1, -0.05) is 42.1 Å². The van der Waals surface area contributed by atoms with Crippen LogP contribution in [0.25, 0.3) is 0 Å². The average Bonchev–Trinajstić information content (AvgIpc) is 2.85. The summed E-state index contributed by atoms with van der Waals surface area (Å²) in [7, 11) is 0. The van der Waals surface area contributed by atoms with Gasteiger partial charge >= 0.3 is 0 Å². The van der Waals surface area contributed by atoms with Crippen molar-refractivity contribution >= 4 is 11.8 Å². The summed E-state index contributed by atoms with van der Waals surface area (Å²) in [5, 5.41) is 30.6. The summed E-state index contributed by atoms with van der Waals surface area (Å²) in [5.74, 6) is 0.468. The predicted molar refractivity (Wildman–Crippen MR) is 67.0 cm³/mol. The van der Waals surface area contributed by atoms with Crippen molar-refractivity contribution in [3.8, 4) is 0 Å². The lowest BCUT2D eigenvalue weighted by molar-refractivity contribution is 0.204. The molecular weight excluding hydrogens is 252 g/mol. The van der Waals surface area contributed by atoms with Crippen molar-refractivity contribution in [2.75, 3.05) is 12.4 Å². The quantitative estimate of drug-likeness (QED) is 0.740. The van der Waals surface area contributed by atoms with E-state index in [2.05, 4.69) is 15.5 Å². The molecule has 0 aliphatic rings. The number of thioether (sulfide) groups is 1. The SMILES string of the molecule is OCCn1nnnc1SCC(O)c1ccccc1. The zero-order valence-corrected chi connectivity index (χ0v) is 10.5. The van der Waals surface area contributed by atoms with Crippen LogP contribution >= 0.6 is 11.8 Å². The highest BCUT2D eigenvalue weighted by Gasteiger charge is 2.11. The highest BCUT2D eigenvalue weighted by molar-refractivity contribution is 7.99. The van der Waals surface area contributed by atoms with E-state index in [1.54, 1.807) is 0 Å². The van der Waals surface area contributed by atoms with Gasteiger partial charge in [0.1, 0.15) is 0 Å². The number of benzene rings is 1. The Morgan fingerprint density at radius 1 is 1.28 bits per heavy atom. The van der Waals surface area contributed by atoms with Gasteiger partial charge in [-0.15, -0.1) is 5.10 Å². The first-order valence-corrected chi connectivity index (χ1v) is 6.52. The number of rotatable bonds is 6. The average molecular weight is 266 g/mol. The molecule has 2 aromatic rings. The van der Waals surface area contributed by atoms with E-state index < -0.39 is 6.10 Å². The maximum absolute atomic E-state index is 9.99. The minimum atomic E-state index is -0.560. The van der Waals surface area contributed by atoms with Gasteiger partial charge in [-0.2, -0.15) is 0 Å². The van der Waals surface area contributed by atoms with Gasteiger partial charge in [-0.3, -0.25) is 0 Å². The third-order valence-corrected chi connectivity index (χ3v) is 3.40. The van der Waals surface area contributed by atoms with Crippen molar-refractivity contribution < 1.29 is 10.2 Å². The Kier molecular flexibility index (Phi) is 4.68. The summed E-state index contributed by atoms with van der Waals surface area (Å²) in [5.41, 5.74) is 0.867. The van der Waals surface area contributed by atoms with Crippen molar-refractivity contribution in [1.29, 1.82) is 0 Å². The van der Waals surface area contributed by atoms with E-state index in [0.29, 0.717) is 17.5 Å². The lowest BCUT2D eigenvalue weighted by Crippen LogP contribution is -2.07. The summed E-state index contributed by atoms with van der Waals surface area (Å²) in [6, 6.07) is 9.44. The van der Waals surface area contributed by atoms with Crippen molar-refractivity contribution in [2.45, 2.75) is 17.8 Å². The first-order valence-electron chi connectivity index (χ1n) is 5.54. The standard InChI is InChI=1S/C11H14N4O2S/c16-7-6-15-11(12-13-14-15)18-8-10(17)9-4-2-1-3-5-9/h1-5,10,16-17H,6-8H2. The molecule has 0 amide bonds. The van der Waals surface area contributed by atoms with Gasteiger partial charge < -0.3 is 10.2 Å². The summed E-state index contributed by atoms with van der Waals surface area (Å²) < 4.78 is 1.52. The maximum Gasteiger partial charge on any atom is 0.209 e. The minimum Gasteiger partial charge on any atom is -0.394 e. The van der Waals surface area contributed by atoms with E-state index in [9.17, 15) is 5.11 Å². The fraction of sp³-hybridized carbons (Fsp3) is 0.364. The molecule has 1 unspecified atom stereocenters. The normalized spacial score (nSPS) is 12.6. The minimum absolute atomic E-state index is 0.0140. The van der Waals surface area contributed by atoms with Crippen LogP contribution in [0.1, 0.15) is 11.7 Å². The Labute approximate surface area is 109 Å². The molecule has 0 spiro atoms. The molecule has 0 aliphatic carbocycles. The summed E-state index contributed by atoms with van der Waals surface area (Å²) >= 11 is 1.36. The van der Waals surface area contributed by atoms with Crippen LogP contribution < -0.4 is 0 Å². The van der Waals surface area contributed by atoms with Crippen molar-refractivity contribution in [3.63, 3.8) is 0 Å². The Hall–Kier alpha value is -1.44. The van der Waals surface area contributed by atoms with E-state index in [4.69, 9.17) is 5.11 Å². The van der Waals surface area contributed by atoms with Gasteiger partial charge in [0.25, 0.3) is 0 Å². The van der Waals surface area contributed by atoms with Gasteiger partial charge in [-0.25, -0.2) is 4.68 Å². The zero-order valence-electron chi connectivity index (χ0n) is 9.68. The van der Waals surface area contributed by atoms with Crippen LogP contribution in [-0.2, 0) is 6.54 Å². The van der Waals surface area contributed by atoms with E-state index in [1.165, 1.54) is 16.4 Å². The molecule has 2 rings (SSSR count). The highest BCUT2D eigenvalue weighted by Crippen LogP contribution is 2.22. The monoisotopic (exact) mass is 266 g/mol. The second-order valence-corrected chi connectivity index (χ2v) is 4.63. The van der Waals surface area contributed by atoms with Gasteiger partial charge in [-0.05, 0) is 16.0 Å². The third-order valence-electron chi connectivity index (χ3n) is 2.37. The maximum atomic E-state index is 9.99. The summed E-state index contributed by atoms with van der Waals surface area (Å²) in [6.45, 7) is 0.344. The largest absolute Gasteiger partial charge is 0.394 e. The van der Waals surface area contributed by atoms with Crippen molar-refractivity contribution in [3.05, 3.63) is 35.9 Å². The molecule has 1 aromatic carbocycles. The van der Waals surface area contributed by atoms with Crippen LogP contribution in [0.3, 0.4) is 0 Å². The topological polar surface area (TPSA) is 84.1 Å². The second kappa shape index (κ2) is 6.48. The molecular formula is C11H14N4O2S. The molecule has 0 saturated carbocycles. The third kappa shape index (κ3) is 3.28. The zero-order chi connectivity index (χ0) is 12.8. The number of aromatic nitrogens is 4. The van der Waals surface area contributed by atoms with E-state index in [-0.39, 0.29) is 6.61 Å². The molecule has 0 aliphatic heterocycles. The van der Waals surface area contributed by atoms with Crippen LogP contribution in [0, 0.1) is 0 Å². The molecule has 0 radical (unpaired) electrons. The predicted octanol–water partition coefficient (Wildman–Crippen LogP) is 0.491. The summed E-state index contributed by atoms with van der Waals surface area (Å²) in [6.07, 6.45) is -0.560. The number of aliphatic hydroxyl groups excluding tert-OH is 2. The van der Waals surface area contributed by atoms with E-state index >= 15 is 0 Å². The van der Waals surface area contributed by atoms with Crippen LogP contribution in [0.5, 0.6) is 0 Å². The second-order valence-electron chi connectivity index (χ2n) is 3.65. The van der Waals surface area contributed by atoms with Crippen LogP contribution in [-0.4, -0.2) is 42.8 Å². The fourth-order valence-corrected chi connectivity index (χ4v) is 2.33. The van der Waals surface area contributed by atoms with Gasteiger partial charge in [0.15, 0.2) is 0 Å². The molecule has 0 fully saturated rings. The van der Waals surface area contributed by atoms with Gasteiger partial charge in [0.05, 0.1) is 19.3 Å². The number of hydrogen-bond donors (Lipinski definition) is 2. The smallest absolute Gasteiger partial charge is 0.209 e. The molecule has 18 heavy (non-hydrogen) atoms. The van der Waals surface area contributed by atoms with Crippen molar-refractivity contribution in [1.82, 2.24) is 20.2 Å². The number of aliphatic hydroxyl groups is 2. The Bertz CT molecular complexity index is 477. The van der Waals surface area contributed by atoms with Gasteiger partial charge in [0.2, 0.25) is 5.16 Å². The lowest BCUT2D eigenvalue weighted by atomic mass is 10.1. The lowest BCUT2D eigenvalue weighted by Gasteiger charge is -2.09. The van der Waals surface area contributed by atoms with E-state index in [1.807, 2.05) is 30.3 Å². The Balaban J connectivity index is 1.93. The van der Waals surface area contributed by atoms with Crippen LogP contribution in [0.2, 0.25) is 0 Å². The van der Waals surface area contributed by atoms with Crippen LogP contribution in [0.4, 0.5) is 0 Å². The fourth-order valence-electron chi connectivity index (χ4n) is 1.46. The van der Waals surface area contributed by atoms with E-state index in [0.717, 1.165) is 5.56 Å². The molecule has 1 aromatic heterocycles.